The fraction of sp³-hybridized carbons (Fsp3) is 0. The summed E-state index contributed by atoms with van der Waals surface area (Å²) in [4.78, 5) is 4.44. The lowest BCUT2D eigenvalue weighted by atomic mass is 10.2. The van der Waals surface area contributed by atoms with Crippen LogP contribution in [0.5, 0.6) is 0 Å². The molecule has 0 N–H and O–H groups in total. The molecule has 0 bridgehead atoms. The van der Waals surface area contributed by atoms with Gasteiger partial charge in [0.1, 0.15) is 0 Å². The van der Waals surface area contributed by atoms with Crippen LogP contribution in [0.4, 0.5) is 0 Å². The molecule has 0 spiro atoms. The molecule has 2 rings (SSSR count). The maximum absolute atomic E-state index is 11.2. The van der Waals surface area contributed by atoms with Gasteiger partial charge in [-0.1, -0.05) is 35.9 Å². The number of hydrogen-bond acceptors (Lipinski definition) is 2. The summed E-state index contributed by atoms with van der Waals surface area (Å²) in [5, 5.41) is 0. The third-order valence-corrected chi connectivity index (χ3v) is 2.59. The lowest BCUT2D eigenvalue weighted by molar-refractivity contribution is 0.695. The molecule has 0 aliphatic carbocycles. The van der Waals surface area contributed by atoms with Crippen LogP contribution in [-0.2, 0) is 10.8 Å². The molecule has 1 atom stereocenters. The highest BCUT2D eigenvalue weighted by molar-refractivity contribution is 8.07. The Bertz CT molecular complexity index is 367. The zero-order valence-corrected chi connectivity index (χ0v) is 7.04. The van der Waals surface area contributed by atoms with Crippen LogP contribution in [-0.4, -0.2) is 9.76 Å². The molecule has 0 saturated heterocycles. The third kappa shape index (κ3) is 1.23. The first-order chi connectivity index (χ1) is 5.88. The molecule has 0 radical (unpaired) electrons. The molecule has 1 unspecified atom stereocenters. The van der Waals surface area contributed by atoms with Gasteiger partial charge in [-0.15, -0.1) is 6.20 Å². The molecule has 60 valence electrons. The number of rotatable bonds is 1. The Kier molecular flexibility index (Phi) is 1.87. The Morgan fingerprint density at radius 2 is 2.00 bits per heavy atom. The van der Waals surface area contributed by atoms with E-state index >= 15 is 0 Å². The fourth-order valence-electron chi connectivity index (χ4n) is 1.01. The normalized spacial score (nSPS) is 21.0. The van der Waals surface area contributed by atoms with Crippen molar-refractivity contribution in [3.63, 3.8) is 0 Å². The average Bonchev–Trinajstić information content (AvgIpc) is 2.53. The van der Waals surface area contributed by atoms with Gasteiger partial charge in [-0.2, -0.15) is 0 Å². The Labute approximate surface area is 73.1 Å². The molecular weight excluding hydrogens is 170 g/mol. The molecule has 3 heteroatoms. The minimum atomic E-state index is -1.17. The van der Waals surface area contributed by atoms with Gasteiger partial charge in [0.05, 0.1) is 0 Å². The van der Waals surface area contributed by atoms with E-state index in [1.54, 1.807) is 6.20 Å². The molecule has 0 saturated carbocycles. The Hall–Kier alpha value is -1.22. The zero-order valence-electron chi connectivity index (χ0n) is 6.23. The summed E-state index contributed by atoms with van der Waals surface area (Å²) in [6, 6.07) is 9.56. The van der Waals surface area contributed by atoms with E-state index in [-0.39, 0.29) is 0 Å². The van der Waals surface area contributed by atoms with Gasteiger partial charge in [-0.25, -0.2) is 0 Å². The molecule has 12 heavy (non-hydrogen) atoms. The minimum absolute atomic E-state index is 0.732. The highest BCUT2D eigenvalue weighted by Crippen LogP contribution is 2.20. The predicted molar refractivity (Wildman–Crippen MR) is 50.0 cm³/mol. The van der Waals surface area contributed by atoms with Gasteiger partial charge < -0.3 is 4.99 Å². The third-order valence-electron chi connectivity index (χ3n) is 1.58. The summed E-state index contributed by atoms with van der Waals surface area (Å²) in [6.45, 7) is 0. The second kappa shape index (κ2) is 3.03. The van der Waals surface area contributed by atoms with E-state index in [4.69, 9.17) is 0 Å². The van der Waals surface area contributed by atoms with E-state index in [0.29, 0.717) is 0 Å². The van der Waals surface area contributed by atoms with Crippen molar-refractivity contribution in [3.05, 3.63) is 42.1 Å². The van der Waals surface area contributed by atoms with Gasteiger partial charge >= 0.3 is 0 Å². The summed E-state index contributed by atoms with van der Waals surface area (Å²) in [5.74, 6) is 0. The van der Waals surface area contributed by atoms with E-state index in [1.807, 2.05) is 30.3 Å². The van der Waals surface area contributed by atoms with Gasteiger partial charge in [0, 0.05) is 0 Å². The first-order valence-electron chi connectivity index (χ1n) is 3.51. The maximum atomic E-state index is 11.2. The molecule has 0 fully saturated rings. The van der Waals surface area contributed by atoms with Crippen LogP contribution >= 0.6 is 0 Å². The van der Waals surface area contributed by atoms with Gasteiger partial charge in [-0.05, 0) is 21.3 Å². The highest BCUT2D eigenvalue weighted by Gasteiger charge is 2.01. The standard InChI is InChI=1S/C9H6NOS/c11-12-7-10-6-9(12)8-4-2-1-3-5-8/h1-6H/q-1. The van der Waals surface area contributed by atoms with E-state index < -0.39 is 10.8 Å². The zero-order chi connectivity index (χ0) is 8.39. The number of nitrogens with zero attached hydrogens (tertiary/aromatic N) is 1. The molecule has 1 aromatic carbocycles. The first kappa shape index (κ1) is 7.43. The largest absolute Gasteiger partial charge is 0.448 e. The summed E-state index contributed by atoms with van der Waals surface area (Å²) in [6.07, 6.45) is 1.59. The van der Waals surface area contributed by atoms with Crippen molar-refractivity contribution in [1.29, 1.82) is 0 Å². The van der Waals surface area contributed by atoms with Crippen molar-refractivity contribution in [1.82, 2.24) is 0 Å². The Morgan fingerprint density at radius 1 is 1.25 bits per heavy atom. The topological polar surface area (TPSA) is 29.4 Å². The van der Waals surface area contributed by atoms with Gasteiger partial charge in [-0.3, -0.25) is 4.21 Å². The van der Waals surface area contributed by atoms with Crippen molar-refractivity contribution in [3.8, 4) is 0 Å². The average molecular weight is 176 g/mol. The fourth-order valence-corrected chi connectivity index (χ4v) is 1.76. The van der Waals surface area contributed by atoms with Crippen LogP contribution in [0.25, 0.3) is 4.91 Å². The smallest absolute Gasteiger partial charge is 0.0123 e. The summed E-state index contributed by atoms with van der Waals surface area (Å²) >= 11 is 0. The molecule has 0 aromatic heterocycles. The number of hydrogen-bond donors (Lipinski definition) is 0. The lowest BCUT2D eigenvalue weighted by Gasteiger charge is -2.03. The van der Waals surface area contributed by atoms with E-state index in [9.17, 15) is 4.21 Å². The maximum Gasteiger partial charge on any atom is -0.0123 e. The minimum Gasteiger partial charge on any atom is -0.448 e. The molecule has 0 amide bonds. The van der Waals surface area contributed by atoms with Crippen LogP contribution < -0.4 is 0 Å². The van der Waals surface area contributed by atoms with Crippen LogP contribution in [0.15, 0.2) is 41.5 Å². The molecule has 1 heterocycles. The molecule has 1 aromatic rings. The first-order valence-corrected chi connectivity index (χ1v) is 4.66. The summed E-state index contributed by atoms with van der Waals surface area (Å²) in [5.41, 5.74) is 3.42. The second-order valence-electron chi connectivity index (χ2n) is 2.35. The van der Waals surface area contributed by atoms with E-state index in [0.717, 1.165) is 10.5 Å². The lowest BCUT2D eigenvalue weighted by Crippen LogP contribution is -1.89. The van der Waals surface area contributed by atoms with E-state index in [1.165, 1.54) is 0 Å². The molecular formula is C9H6NOS-. The van der Waals surface area contributed by atoms with Gasteiger partial charge in [0.15, 0.2) is 0 Å². The number of aliphatic imine (C=N–C) groups is 1. The quantitative estimate of drug-likeness (QED) is 0.598. The highest BCUT2D eigenvalue weighted by atomic mass is 32.2. The van der Waals surface area contributed by atoms with Crippen molar-refractivity contribution in [2.24, 2.45) is 4.99 Å². The molecule has 2 nitrogen and oxygen atoms in total. The predicted octanol–water partition coefficient (Wildman–Crippen LogP) is 1.65. The van der Waals surface area contributed by atoms with Crippen molar-refractivity contribution >= 4 is 21.3 Å². The van der Waals surface area contributed by atoms with Gasteiger partial charge in [0.25, 0.3) is 0 Å². The number of benzene rings is 1. The second-order valence-corrected chi connectivity index (χ2v) is 3.51. The molecule has 1 aliphatic rings. The van der Waals surface area contributed by atoms with Crippen LogP contribution in [0, 0.1) is 0 Å². The Balaban J connectivity index is 2.40. The Morgan fingerprint density at radius 3 is 2.58 bits per heavy atom. The summed E-state index contributed by atoms with van der Waals surface area (Å²) in [7, 11) is -1.17. The van der Waals surface area contributed by atoms with Crippen molar-refractivity contribution < 1.29 is 4.21 Å². The van der Waals surface area contributed by atoms with Crippen LogP contribution in [0.1, 0.15) is 5.56 Å². The summed E-state index contributed by atoms with van der Waals surface area (Å²) < 4.78 is 11.2. The van der Waals surface area contributed by atoms with Crippen LogP contribution in [0.2, 0.25) is 0 Å². The van der Waals surface area contributed by atoms with Crippen molar-refractivity contribution in [2.45, 2.75) is 0 Å². The SMILES string of the molecule is O=S1[C-]=NC=C1c1ccccc1. The van der Waals surface area contributed by atoms with E-state index in [2.05, 4.69) is 10.5 Å². The van der Waals surface area contributed by atoms with Crippen LogP contribution in [0.3, 0.4) is 0 Å². The monoisotopic (exact) mass is 176 g/mol. The van der Waals surface area contributed by atoms with Crippen molar-refractivity contribution in [2.75, 3.05) is 0 Å². The molecule has 1 aliphatic heterocycles. The van der Waals surface area contributed by atoms with Gasteiger partial charge in [0.2, 0.25) is 0 Å².